The molecule has 1 heterocycles. The van der Waals surface area contributed by atoms with E-state index in [2.05, 4.69) is 33.9 Å². The van der Waals surface area contributed by atoms with Crippen LogP contribution in [0.15, 0.2) is 115 Å². The number of nitro groups is 1. The molecule has 1 fully saturated rings. The summed E-state index contributed by atoms with van der Waals surface area (Å²) in [7, 11) is -2.41. The maximum atomic E-state index is 15.1. The molecule has 1 aliphatic rings. The number of rotatable bonds is 13. The van der Waals surface area contributed by atoms with Crippen LogP contribution in [-0.4, -0.2) is 58.7 Å². The summed E-state index contributed by atoms with van der Waals surface area (Å²) < 4.78 is 12.8. The highest BCUT2D eigenvalue weighted by atomic mass is 31.2. The topological polar surface area (TPSA) is 136 Å². The molecule has 0 saturated carbocycles. The number of hydrogen-bond donors (Lipinski definition) is 1. The molecule has 4 atom stereocenters. The van der Waals surface area contributed by atoms with Crippen molar-refractivity contribution in [2.24, 2.45) is 11.8 Å². The Labute approximate surface area is 312 Å². The minimum atomic E-state index is -3.32. The number of β-lactam (4-membered cyclic amide) rings is 1. The molecule has 0 bridgehead atoms. The lowest BCUT2D eigenvalue weighted by atomic mass is 9.76. The van der Waals surface area contributed by atoms with Crippen molar-refractivity contribution in [2.45, 2.75) is 71.5 Å². The first-order valence-corrected chi connectivity index (χ1v) is 22.3. The number of benzene rings is 4. The Morgan fingerprint density at radius 1 is 0.849 bits per heavy atom. The third-order valence-electron chi connectivity index (χ3n) is 10.6. The predicted octanol–water partition coefficient (Wildman–Crippen LogP) is 6.72. The molecule has 1 aliphatic heterocycles. The quantitative estimate of drug-likeness (QED) is 0.0397. The van der Waals surface area contributed by atoms with E-state index in [4.69, 9.17) is 9.16 Å². The van der Waals surface area contributed by atoms with Crippen LogP contribution in [0.25, 0.3) is 0 Å². The molecule has 4 aromatic carbocycles. The number of esters is 1. The number of likely N-dealkylation sites (tertiary alicyclic amines) is 1. The fraction of sp³-hybridized carbons (Fsp3) is 0.317. The maximum Gasteiger partial charge on any atom is 0.356 e. The number of carbonyl (C=O) groups is 3. The van der Waals surface area contributed by atoms with Crippen molar-refractivity contribution >= 4 is 60.1 Å². The molecule has 10 nitrogen and oxygen atoms in total. The Kier molecular flexibility index (Phi) is 11.6. The second kappa shape index (κ2) is 15.6. The standard InChI is InChI=1S/C41H47N2O8PSi/c1-28(39(45)46)36-35(29(2)51-53(6,7)41(3,4)5)37(44)42(36)38(40(47)50-27-30-23-25-31(26-24-30)43(48)49)52(32-17-11-8-12-18-32,33-19-13-9-14-20-33)34-21-15-10-16-22-34/h8-26,28-29,35-36H,27H2,1-7H3,(H,45,46)/t28-,29-,35-,36+/m1/s1. The first-order valence-electron chi connectivity index (χ1n) is 17.6. The number of carboxylic acid groups (broad SMARTS) is 1. The molecule has 4 aromatic rings. The molecule has 278 valence electrons. The number of amides is 1. The summed E-state index contributed by atoms with van der Waals surface area (Å²) >= 11 is 0. The summed E-state index contributed by atoms with van der Waals surface area (Å²) in [4.78, 5) is 55.1. The van der Waals surface area contributed by atoms with Gasteiger partial charge in [-0.2, -0.15) is 0 Å². The van der Waals surface area contributed by atoms with Crippen LogP contribution in [-0.2, 0) is 30.2 Å². The van der Waals surface area contributed by atoms with Crippen LogP contribution in [0.3, 0.4) is 0 Å². The number of carboxylic acids is 1. The summed E-state index contributed by atoms with van der Waals surface area (Å²) in [5.74, 6) is -4.25. The van der Waals surface area contributed by atoms with Gasteiger partial charge < -0.3 is 19.2 Å². The van der Waals surface area contributed by atoms with E-state index in [0.717, 1.165) is 15.9 Å². The van der Waals surface area contributed by atoms with Gasteiger partial charge in [-0.1, -0.05) is 112 Å². The highest BCUT2D eigenvalue weighted by Gasteiger charge is 2.59. The van der Waals surface area contributed by atoms with Crippen molar-refractivity contribution in [3.8, 4) is 0 Å². The smallest absolute Gasteiger partial charge is 0.356 e. The summed E-state index contributed by atoms with van der Waals surface area (Å²) in [6.07, 6.45) is -0.637. The van der Waals surface area contributed by atoms with Gasteiger partial charge in [-0.25, -0.2) is 4.79 Å². The largest absolute Gasteiger partial charge is 0.481 e. The summed E-state index contributed by atoms with van der Waals surface area (Å²) in [6, 6.07) is 33.2. The molecule has 0 aliphatic carbocycles. The average molecular weight is 755 g/mol. The van der Waals surface area contributed by atoms with Gasteiger partial charge in [-0.05, 0) is 65.6 Å². The molecule has 1 N–H and O–H groups in total. The monoisotopic (exact) mass is 754 g/mol. The number of carbonyl (C=O) groups excluding carboxylic acids is 2. The zero-order valence-corrected chi connectivity index (χ0v) is 33.0. The first-order chi connectivity index (χ1) is 25.0. The van der Waals surface area contributed by atoms with Crippen LogP contribution in [0.1, 0.15) is 40.2 Å². The van der Waals surface area contributed by atoms with Gasteiger partial charge in [0.25, 0.3) is 5.69 Å². The van der Waals surface area contributed by atoms with Gasteiger partial charge in [0.2, 0.25) is 5.91 Å². The van der Waals surface area contributed by atoms with Gasteiger partial charge in [0.05, 0.1) is 28.9 Å². The van der Waals surface area contributed by atoms with E-state index in [1.165, 1.54) is 29.2 Å². The Bertz CT molecular complexity index is 1910. The fourth-order valence-corrected chi connectivity index (χ4v) is 12.6. The molecule has 53 heavy (non-hydrogen) atoms. The molecule has 1 amide bonds. The van der Waals surface area contributed by atoms with Gasteiger partial charge in [0.15, 0.2) is 8.32 Å². The van der Waals surface area contributed by atoms with Crippen LogP contribution in [0, 0.1) is 22.0 Å². The lowest BCUT2D eigenvalue weighted by molar-refractivity contribution is -0.384. The van der Waals surface area contributed by atoms with E-state index in [1.807, 2.05) is 97.9 Å². The summed E-state index contributed by atoms with van der Waals surface area (Å²) in [5, 5.41) is 24.0. The van der Waals surface area contributed by atoms with Gasteiger partial charge in [-0.15, -0.1) is 0 Å². The second-order valence-corrected chi connectivity index (χ2v) is 23.0. The van der Waals surface area contributed by atoms with Crippen molar-refractivity contribution in [1.82, 2.24) is 4.90 Å². The molecular formula is C41H47N2O8PSi. The van der Waals surface area contributed by atoms with Gasteiger partial charge in [-0.3, -0.25) is 19.7 Å². The second-order valence-electron chi connectivity index (χ2n) is 14.9. The van der Waals surface area contributed by atoms with Gasteiger partial charge >= 0.3 is 11.9 Å². The van der Waals surface area contributed by atoms with E-state index in [-0.39, 0.29) is 22.8 Å². The molecule has 12 heteroatoms. The third-order valence-corrected chi connectivity index (χ3v) is 19.4. The van der Waals surface area contributed by atoms with Crippen LogP contribution in [0.2, 0.25) is 18.1 Å². The summed E-state index contributed by atoms with van der Waals surface area (Å²) in [5.41, 5.74) is 0.458. The van der Waals surface area contributed by atoms with E-state index in [9.17, 15) is 24.8 Å². The SMILES string of the molecule is C[C@@H](O[Si](C)(C)C(C)(C)C)[C@H]1C(=O)N(C(C(=O)OCc2ccc([N+](=O)[O-])cc2)=P(c2ccccc2)(c2ccccc2)c2ccccc2)[C@H]1[C@@H](C)C(=O)O. The minimum absolute atomic E-state index is 0.0573. The number of aliphatic carboxylic acids is 1. The van der Waals surface area contributed by atoms with Crippen molar-refractivity contribution in [3.63, 3.8) is 0 Å². The normalized spacial score (nSPS) is 17.3. The van der Waals surface area contributed by atoms with E-state index in [1.54, 1.807) is 6.92 Å². The predicted molar refractivity (Wildman–Crippen MR) is 212 cm³/mol. The Balaban J connectivity index is 1.82. The van der Waals surface area contributed by atoms with E-state index < -0.39 is 62.0 Å². The van der Waals surface area contributed by atoms with Crippen LogP contribution in [0.4, 0.5) is 5.69 Å². The number of nitrogens with zero attached hydrogens (tertiary/aromatic N) is 2. The van der Waals surface area contributed by atoms with Crippen LogP contribution >= 0.6 is 6.89 Å². The maximum absolute atomic E-state index is 15.1. The van der Waals surface area contributed by atoms with E-state index >= 15 is 4.79 Å². The summed E-state index contributed by atoms with van der Waals surface area (Å²) in [6.45, 7) is 10.3. The molecular weight excluding hydrogens is 708 g/mol. The molecule has 0 spiro atoms. The Morgan fingerprint density at radius 2 is 1.30 bits per heavy atom. The molecule has 1 saturated heterocycles. The number of hydrogen-bond acceptors (Lipinski definition) is 7. The van der Waals surface area contributed by atoms with Crippen LogP contribution < -0.4 is 15.9 Å². The number of nitro benzene ring substituents is 1. The Morgan fingerprint density at radius 3 is 1.70 bits per heavy atom. The minimum Gasteiger partial charge on any atom is -0.481 e. The molecule has 0 aromatic heterocycles. The fourth-order valence-electron chi connectivity index (χ4n) is 6.74. The molecule has 0 radical (unpaired) electrons. The van der Waals surface area contributed by atoms with Crippen molar-refractivity contribution < 1.29 is 33.6 Å². The molecule has 0 unspecified atom stereocenters. The van der Waals surface area contributed by atoms with Crippen molar-refractivity contribution in [2.75, 3.05) is 0 Å². The lowest BCUT2D eigenvalue weighted by Crippen LogP contribution is -2.71. The zero-order chi connectivity index (χ0) is 38.7. The number of ether oxygens (including phenoxy) is 1. The van der Waals surface area contributed by atoms with Gasteiger partial charge in [0, 0.05) is 19.0 Å². The third kappa shape index (κ3) is 7.65. The average Bonchev–Trinajstić information content (AvgIpc) is 3.13. The Hall–Kier alpha value is -4.83. The van der Waals surface area contributed by atoms with Gasteiger partial charge in [0.1, 0.15) is 12.0 Å². The first kappa shape index (κ1) is 39.4. The van der Waals surface area contributed by atoms with Crippen molar-refractivity contribution in [3.05, 3.63) is 131 Å². The zero-order valence-electron chi connectivity index (χ0n) is 31.1. The van der Waals surface area contributed by atoms with E-state index in [0.29, 0.717) is 5.56 Å². The highest BCUT2D eigenvalue weighted by Crippen LogP contribution is 2.51. The van der Waals surface area contributed by atoms with Crippen molar-refractivity contribution in [1.29, 1.82) is 0 Å². The molecule has 5 rings (SSSR count). The highest BCUT2D eigenvalue weighted by molar-refractivity contribution is 7.96. The lowest BCUT2D eigenvalue weighted by Gasteiger charge is -2.54. The number of non-ortho nitro benzene ring substituents is 1. The van der Waals surface area contributed by atoms with Crippen LogP contribution in [0.5, 0.6) is 0 Å².